The van der Waals surface area contributed by atoms with Crippen LogP contribution in [-0.2, 0) is 4.79 Å². The average molecular weight is 359 g/mol. The van der Waals surface area contributed by atoms with Gasteiger partial charge in [0.1, 0.15) is 42.7 Å². The molecule has 8 atom stereocenters. The molecule has 0 spiro atoms. The van der Waals surface area contributed by atoms with Gasteiger partial charge in [-0.2, -0.15) is 0 Å². The maximum Gasteiger partial charge on any atom is 0.323 e. The van der Waals surface area contributed by atoms with Crippen molar-refractivity contribution in [1.82, 2.24) is 5.32 Å². The van der Waals surface area contributed by atoms with Crippen molar-refractivity contribution < 1.29 is 55.9 Å². The van der Waals surface area contributed by atoms with Gasteiger partial charge >= 0.3 is 5.97 Å². The maximum atomic E-state index is 11.1. The zero-order chi connectivity index (χ0) is 19.0. The average Bonchev–Trinajstić information content (AvgIpc) is 2.57. The minimum absolute atomic E-state index is 0.688. The van der Waals surface area contributed by atoms with Gasteiger partial charge in [-0.3, -0.25) is 10.1 Å². The van der Waals surface area contributed by atoms with Gasteiger partial charge in [0.05, 0.1) is 19.3 Å². The summed E-state index contributed by atoms with van der Waals surface area (Å²) < 4.78 is 0. The number of aliphatic hydroxyl groups is 9. The summed E-state index contributed by atoms with van der Waals surface area (Å²) in [6, 6.07) is -1.89. The number of carboxylic acid groups (broad SMARTS) is 1. The van der Waals surface area contributed by atoms with Crippen molar-refractivity contribution in [3.05, 3.63) is 0 Å². The standard InChI is InChI=1S/C12H25NO11/c14-2-5(17)9(20)8(19)4(16)1-13-7(12(23)24)11(22)10(21)6(18)3-15/h4-11,13-22H,1-3H2,(H,23,24)/t4-,5+,6+,7+,8+,9+,10+,11+/m0/s1. The van der Waals surface area contributed by atoms with Gasteiger partial charge in [0.15, 0.2) is 0 Å². The molecule has 0 rings (SSSR count). The second-order valence-corrected chi connectivity index (χ2v) is 5.25. The summed E-state index contributed by atoms with van der Waals surface area (Å²) >= 11 is 0. The molecule has 0 saturated carbocycles. The van der Waals surface area contributed by atoms with Gasteiger partial charge < -0.3 is 51.1 Å². The number of rotatable bonds is 12. The fourth-order valence-electron chi connectivity index (χ4n) is 1.82. The first kappa shape index (κ1) is 23.1. The minimum atomic E-state index is -2.07. The molecule has 12 heteroatoms. The van der Waals surface area contributed by atoms with Crippen LogP contribution in [0.5, 0.6) is 0 Å². The zero-order valence-corrected chi connectivity index (χ0v) is 12.6. The Kier molecular flexibility index (Phi) is 10.4. The highest BCUT2D eigenvalue weighted by molar-refractivity contribution is 5.74. The molecule has 0 amide bonds. The number of hydrogen-bond donors (Lipinski definition) is 11. The number of carbonyl (C=O) groups is 1. The summed E-state index contributed by atoms with van der Waals surface area (Å²) in [5.41, 5.74) is 0. The number of aliphatic carboxylic acids is 1. The van der Waals surface area contributed by atoms with Crippen molar-refractivity contribution >= 4 is 5.97 Å². The van der Waals surface area contributed by atoms with E-state index in [4.69, 9.17) is 20.4 Å². The van der Waals surface area contributed by atoms with Gasteiger partial charge in [-0.1, -0.05) is 0 Å². The lowest BCUT2D eigenvalue weighted by molar-refractivity contribution is -0.150. The van der Waals surface area contributed by atoms with Crippen LogP contribution in [0.3, 0.4) is 0 Å². The van der Waals surface area contributed by atoms with E-state index in [1.165, 1.54) is 0 Å². The van der Waals surface area contributed by atoms with Crippen molar-refractivity contribution in [1.29, 1.82) is 0 Å². The smallest absolute Gasteiger partial charge is 0.323 e. The number of hydrogen-bond acceptors (Lipinski definition) is 11. The molecule has 0 aromatic rings. The number of carboxylic acids is 1. The van der Waals surface area contributed by atoms with Crippen LogP contribution in [0.15, 0.2) is 0 Å². The second kappa shape index (κ2) is 10.8. The van der Waals surface area contributed by atoms with Crippen molar-refractivity contribution in [3.8, 4) is 0 Å². The molecule has 0 aliphatic carbocycles. The lowest BCUT2D eigenvalue weighted by Gasteiger charge is -2.29. The first-order valence-electron chi connectivity index (χ1n) is 7.02. The van der Waals surface area contributed by atoms with Gasteiger partial charge in [0, 0.05) is 6.54 Å². The lowest BCUT2D eigenvalue weighted by atomic mass is 9.99. The van der Waals surface area contributed by atoms with Gasteiger partial charge in [0.2, 0.25) is 0 Å². The highest BCUT2D eigenvalue weighted by atomic mass is 16.4. The maximum absolute atomic E-state index is 11.1. The Bertz CT molecular complexity index is 371. The molecule has 0 aliphatic heterocycles. The number of aliphatic hydroxyl groups excluding tert-OH is 9. The van der Waals surface area contributed by atoms with E-state index in [0.717, 1.165) is 0 Å². The van der Waals surface area contributed by atoms with Gasteiger partial charge in [-0.25, -0.2) is 0 Å². The molecule has 0 heterocycles. The fourth-order valence-corrected chi connectivity index (χ4v) is 1.82. The van der Waals surface area contributed by atoms with Crippen LogP contribution in [0.25, 0.3) is 0 Å². The Balaban J connectivity index is 4.77. The molecule has 0 unspecified atom stereocenters. The summed E-state index contributed by atoms with van der Waals surface area (Å²) in [6.45, 7) is -2.51. The van der Waals surface area contributed by atoms with E-state index in [0.29, 0.717) is 0 Å². The molecule has 0 aromatic heterocycles. The topological polar surface area (TPSA) is 231 Å². The minimum Gasteiger partial charge on any atom is -0.480 e. The molecule has 0 aliphatic rings. The summed E-state index contributed by atoms with van der Waals surface area (Å²) in [4.78, 5) is 11.1. The van der Waals surface area contributed by atoms with Gasteiger partial charge in [-0.05, 0) is 0 Å². The van der Waals surface area contributed by atoms with Crippen molar-refractivity contribution in [2.45, 2.75) is 48.8 Å². The SMILES string of the molecule is O=C(O)[C@H](NC[C@H](O)[C@@H](O)[C@H](O)[C@H](O)CO)[C@@H](O)[C@H](O)[C@H](O)CO. The van der Waals surface area contributed by atoms with Gasteiger partial charge in [0.25, 0.3) is 0 Å². The van der Waals surface area contributed by atoms with Crippen LogP contribution in [-0.4, -0.2) is 126 Å². The summed E-state index contributed by atoms with van der Waals surface area (Å²) in [5, 5.41) is 94.6. The first-order valence-corrected chi connectivity index (χ1v) is 7.02. The van der Waals surface area contributed by atoms with E-state index >= 15 is 0 Å². The lowest BCUT2D eigenvalue weighted by Crippen LogP contribution is -2.57. The fraction of sp³-hybridized carbons (Fsp3) is 0.917. The van der Waals surface area contributed by atoms with Crippen LogP contribution in [0.4, 0.5) is 0 Å². The normalized spacial score (nSPS) is 22.0. The molecule has 12 nitrogen and oxygen atoms in total. The van der Waals surface area contributed by atoms with Crippen LogP contribution < -0.4 is 5.32 Å². The molecule has 0 fully saturated rings. The molecule has 0 bridgehead atoms. The summed E-state index contributed by atoms with van der Waals surface area (Å²) in [7, 11) is 0. The molecule has 144 valence electrons. The van der Waals surface area contributed by atoms with Crippen LogP contribution in [0, 0.1) is 0 Å². The summed E-state index contributed by atoms with van der Waals surface area (Å²) in [5.74, 6) is -1.66. The molecular formula is C12H25NO11. The van der Waals surface area contributed by atoms with Crippen LogP contribution in [0.2, 0.25) is 0 Å². The van der Waals surface area contributed by atoms with Crippen molar-refractivity contribution in [2.75, 3.05) is 19.8 Å². The summed E-state index contributed by atoms with van der Waals surface area (Å²) in [6.07, 6.45) is -13.3. The number of nitrogens with one attached hydrogen (secondary N) is 1. The second-order valence-electron chi connectivity index (χ2n) is 5.25. The predicted octanol–water partition coefficient (Wildman–Crippen LogP) is -6.46. The van der Waals surface area contributed by atoms with Crippen LogP contribution >= 0.6 is 0 Å². The predicted molar refractivity (Wildman–Crippen MR) is 75.6 cm³/mol. The molecule has 11 N–H and O–H groups in total. The van der Waals surface area contributed by atoms with E-state index in [1.54, 1.807) is 0 Å². The third-order valence-electron chi connectivity index (χ3n) is 3.41. The molecule has 0 aromatic carbocycles. The van der Waals surface area contributed by atoms with Crippen molar-refractivity contribution in [3.63, 3.8) is 0 Å². The highest BCUT2D eigenvalue weighted by Gasteiger charge is 2.37. The first-order chi connectivity index (χ1) is 11.1. The monoisotopic (exact) mass is 359 g/mol. The Labute approximate surface area is 136 Å². The van der Waals surface area contributed by atoms with Crippen LogP contribution in [0.1, 0.15) is 0 Å². The van der Waals surface area contributed by atoms with E-state index < -0.39 is 74.5 Å². The van der Waals surface area contributed by atoms with E-state index in [-0.39, 0.29) is 0 Å². The Morgan fingerprint density at radius 3 is 1.46 bits per heavy atom. The molecule has 24 heavy (non-hydrogen) atoms. The Morgan fingerprint density at radius 1 is 0.708 bits per heavy atom. The Hall–Kier alpha value is -0.930. The molecular weight excluding hydrogens is 334 g/mol. The van der Waals surface area contributed by atoms with E-state index in [2.05, 4.69) is 5.32 Å². The van der Waals surface area contributed by atoms with E-state index in [9.17, 15) is 35.4 Å². The van der Waals surface area contributed by atoms with Gasteiger partial charge in [-0.15, -0.1) is 0 Å². The molecule has 0 saturated heterocycles. The van der Waals surface area contributed by atoms with E-state index in [1.807, 2.05) is 0 Å². The van der Waals surface area contributed by atoms with Crippen molar-refractivity contribution in [2.24, 2.45) is 0 Å². The zero-order valence-electron chi connectivity index (χ0n) is 12.6. The third-order valence-corrected chi connectivity index (χ3v) is 3.41. The third kappa shape index (κ3) is 6.52. The Morgan fingerprint density at radius 2 is 1.08 bits per heavy atom. The quantitative estimate of drug-likeness (QED) is 0.156. The highest BCUT2D eigenvalue weighted by Crippen LogP contribution is 2.08. The largest absolute Gasteiger partial charge is 0.480 e. The molecule has 0 radical (unpaired) electrons.